The number of pyridine rings is 1. The number of fused-ring (bicyclic) bond motifs is 1. The first-order chi connectivity index (χ1) is 16.1. The summed E-state index contributed by atoms with van der Waals surface area (Å²) in [4.78, 5) is 17.5. The average Bonchev–Trinajstić information content (AvgIpc) is 3.20. The van der Waals surface area contributed by atoms with E-state index in [9.17, 15) is 14.3 Å². The lowest BCUT2D eigenvalue weighted by atomic mass is 10.1. The van der Waals surface area contributed by atoms with Crippen LogP contribution < -0.4 is 10.1 Å². The second kappa shape index (κ2) is 11.2. The summed E-state index contributed by atoms with van der Waals surface area (Å²) >= 11 is 0. The molecule has 7 heteroatoms. The van der Waals surface area contributed by atoms with Crippen molar-refractivity contribution < 1.29 is 19.0 Å². The number of nitrogens with zero attached hydrogens (tertiary/aromatic N) is 2. The number of benzene rings is 2. The summed E-state index contributed by atoms with van der Waals surface area (Å²) in [5.41, 5.74) is 2.56. The van der Waals surface area contributed by atoms with E-state index in [1.807, 2.05) is 44.2 Å². The van der Waals surface area contributed by atoms with Gasteiger partial charge in [-0.05, 0) is 30.7 Å². The van der Waals surface area contributed by atoms with Crippen molar-refractivity contribution in [1.29, 1.82) is 0 Å². The van der Waals surface area contributed by atoms with Crippen LogP contribution in [0.2, 0.25) is 0 Å². The van der Waals surface area contributed by atoms with Gasteiger partial charge in [0.25, 0.3) is 5.91 Å². The molecule has 0 bridgehead atoms. The number of hydrogen-bond acceptors (Lipinski definition) is 4. The number of imidazole rings is 1. The van der Waals surface area contributed by atoms with Crippen molar-refractivity contribution >= 4 is 11.6 Å². The van der Waals surface area contributed by atoms with Gasteiger partial charge >= 0.3 is 0 Å². The van der Waals surface area contributed by atoms with E-state index < -0.39 is 6.04 Å². The fourth-order valence-electron chi connectivity index (χ4n) is 3.46. The molecule has 1 atom stereocenters. The van der Waals surface area contributed by atoms with Gasteiger partial charge in [0.1, 0.15) is 18.1 Å². The van der Waals surface area contributed by atoms with Gasteiger partial charge in [0, 0.05) is 11.8 Å². The van der Waals surface area contributed by atoms with E-state index in [2.05, 4.69) is 10.3 Å². The van der Waals surface area contributed by atoms with Crippen molar-refractivity contribution in [3.63, 3.8) is 0 Å². The maximum atomic E-state index is 13.9. The van der Waals surface area contributed by atoms with Crippen LogP contribution in [0.25, 0.3) is 5.65 Å². The van der Waals surface area contributed by atoms with Crippen LogP contribution in [0, 0.1) is 12.7 Å². The highest BCUT2D eigenvalue weighted by Crippen LogP contribution is 2.24. The molecule has 4 rings (SSSR count). The van der Waals surface area contributed by atoms with Gasteiger partial charge in [-0.15, -0.1) is 0 Å². The van der Waals surface area contributed by atoms with Crippen LogP contribution in [0.5, 0.6) is 5.75 Å². The number of aryl methyl sites for hydroxylation is 1. The van der Waals surface area contributed by atoms with Gasteiger partial charge in [-0.2, -0.15) is 0 Å². The standard InChI is InChI=1S/C24H22FN3O3.C2H6/c1-16-22(24(30)27-20(14-29)17-8-3-2-4-9-17)28-13-7-12-21(23(28)26-16)31-15-18-10-5-6-11-19(18)25;1-2/h2-13,20,29H,14-15H2,1H3,(H,27,30);1-2H3. The first-order valence-corrected chi connectivity index (χ1v) is 10.9. The number of aliphatic hydroxyl groups excluding tert-OH is 1. The predicted octanol–water partition coefficient (Wildman–Crippen LogP) is 4.85. The van der Waals surface area contributed by atoms with E-state index in [4.69, 9.17) is 4.74 Å². The van der Waals surface area contributed by atoms with Crippen LogP contribution in [0.15, 0.2) is 72.9 Å². The number of amides is 1. The molecule has 2 N–H and O–H groups in total. The van der Waals surface area contributed by atoms with E-state index in [-0.39, 0.29) is 24.9 Å². The zero-order valence-corrected chi connectivity index (χ0v) is 19.0. The Labute approximate surface area is 192 Å². The normalized spacial score (nSPS) is 11.4. The number of aromatic nitrogens is 2. The molecule has 172 valence electrons. The van der Waals surface area contributed by atoms with E-state index >= 15 is 0 Å². The second-order valence-electron chi connectivity index (χ2n) is 7.11. The van der Waals surface area contributed by atoms with Crippen molar-refractivity contribution in [1.82, 2.24) is 14.7 Å². The average molecular weight is 450 g/mol. The number of halogens is 1. The molecule has 33 heavy (non-hydrogen) atoms. The third-order valence-corrected chi connectivity index (χ3v) is 5.03. The molecule has 0 radical (unpaired) electrons. The van der Waals surface area contributed by atoms with Gasteiger partial charge in [-0.1, -0.05) is 62.4 Å². The highest BCUT2D eigenvalue weighted by atomic mass is 19.1. The summed E-state index contributed by atoms with van der Waals surface area (Å²) in [6, 6.07) is 18.6. The van der Waals surface area contributed by atoms with Crippen LogP contribution in [-0.2, 0) is 6.61 Å². The Balaban J connectivity index is 0.00000149. The molecule has 0 saturated carbocycles. The van der Waals surface area contributed by atoms with E-state index in [1.165, 1.54) is 6.07 Å². The van der Waals surface area contributed by atoms with Gasteiger partial charge < -0.3 is 15.2 Å². The smallest absolute Gasteiger partial charge is 0.270 e. The maximum Gasteiger partial charge on any atom is 0.270 e. The highest BCUT2D eigenvalue weighted by Gasteiger charge is 2.22. The second-order valence-corrected chi connectivity index (χ2v) is 7.11. The predicted molar refractivity (Wildman–Crippen MR) is 126 cm³/mol. The molecule has 0 fully saturated rings. The summed E-state index contributed by atoms with van der Waals surface area (Å²) in [5, 5.41) is 12.6. The van der Waals surface area contributed by atoms with Gasteiger partial charge in [0.05, 0.1) is 18.3 Å². The maximum absolute atomic E-state index is 13.9. The van der Waals surface area contributed by atoms with E-state index in [1.54, 1.807) is 47.9 Å². The largest absolute Gasteiger partial charge is 0.485 e. The molecule has 2 aromatic heterocycles. The van der Waals surface area contributed by atoms with Crippen molar-refractivity contribution in [2.24, 2.45) is 0 Å². The zero-order valence-electron chi connectivity index (χ0n) is 19.0. The van der Waals surface area contributed by atoms with Gasteiger partial charge in [-0.3, -0.25) is 9.20 Å². The molecule has 0 aliphatic rings. The zero-order chi connectivity index (χ0) is 23.8. The van der Waals surface area contributed by atoms with E-state index in [0.29, 0.717) is 28.3 Å². The number of nitrogens with one attached hydrogen (secondary N) is 1. The molecule has 1 amide bonds. The molecule has 6 nitrogen and oxygen atoms in total. The number of rotatable bonds is 7. The molecule has 0 aliphatic carbocycles. The number of carbonyl (C=O) groups excluding carboxylic acids is 1. The fourth-order valence-corrected chi connectivity index (χ4v) is 3.46. The Morgan fingerprint density at radius 1 is 1.09 bits per heavy atom. The number of ether oxygens (including phenoxy) is 1. The molecule has 2 aromatic carbocycles. The number of carbonyl (C=O) groups is 1. The van der Waals surface area contributed by atoms with Gasteiger partial charge in [0.15, 0.2) is 11.4 Å². The highest BCUT2D eigenvalue weighted by molar-refractivity contribution is 5.95. The summed E-state index contributed by atoms with van der Waals surface area (Å²) in [6.07, 6.45) is 1.72. The van der Waals surface area contributed by atoms with Gasteiger partial charge in [0.2, 0.25) is 0 Å². The molecule has 0 saturated heterocycles. The van der Waals surface area contributed by atoms with Crippen molar-refractivity contribution in [3.05, 3.63) is 101 Å². The molecule has 0 aliphatic heterocycles. The minimum atomic E-state index is -0.542. The minimum absolute atomic E-state index is 0.0420. The first kappa shape index (κ1) is 23.9. The Morgan fingerprint density at radius 3 is 2.48 bits per heavy atom. The monoisotopic (exact) mass is 449 g/mol. The van der Waals surface area contributed by atoms with Crippen molar-refractivity contribution in [2.45, 2.75) is 33.4 Å². The van der Waals surface area contributed by atoms with Crippen LogP contribution in [0.4, 0.5) is 4.39 Å². The third kappa shape index (κ3) is 5.38. The Kier molecular flexibility index (Phi) is 8.16. The first-order valence-electron chi connectivity index (χ1n) is 10.9. The summed E-state index contributed by atoms with van der Waals surface area (Å²) < 4.78 is 21.4. The fraction of sp³-hybridized carbons (Fsp3) is 0.231. The molecular weight excluding hydrogens is 421 g/mol. The quantitative estimate of drug-likeness (QED) is 0.423. The molecular formula is C26H28FN3O3. The van der Waals surface area contributed by atoms with Crippen molar-refractivity contribution in [2.75, 3.05) is 6.61 Å². The van der Waals surface area contributed by atoms with Gasteiger partial charge in [-0.25, -0.2) is 9.37 Å². The third-order valence-electron chi connectivity index (χ3n) is 5.03. The molecule has 0 spiro atoms. The Hall–Kier alpha value is -3.71. The number of aliphatic hydroxyl groups is 1. The molecule has 2 heterocycles. The van der Waals surface area contributed by atoms with Crippen LogP contribution >= 0.6 is 0 Å². The molecule has 4 aromatic rings. The topological polar surface area (TPSA) is 75.9 Å². The lowest BCUT2D eigenvalue weighted by Gasteiger charge is -2.17. The van der Waals surface area contributed by atoms with Crippen molar-refractivity contribution in [3.8, 4) is 5.75 Å². The number of hydrogen-bond donors (Lipinski definition) is 2. The van der Waals surface area contributed by atoms with E-state index in [0.717, 1.165) is 5.56 Å². The summed E-state index contributed by atoms with van der Waals surface area (Å²) in [7, 11) is 0. The Morgan fingerprint density at radius 2 is 1.79 bits per heavy atom. The summed E-state index contributed by atoms with van der Waals surface area (Å²) in [6.45, 7) is 5.54. The lowest BCUT2D eigenvalue weighted by molar-refractivity contribution is 0.0909. The summed E-state index contributed by atoms with van der Waals surface area (Å²) in [5.74, 6) is -0.265. The molecule has 1 unspecified atom stereocenters. The lowest BCUT2D eigenvalue weighted by Crippen LogP contribution is -2.32. The SMILES string of the molecule is CC.Cc1nc2c(OCc3ccccc3F)cccn2c1C(=O)NC(CO)c1ccccc1. The van der Waals surface area contributed by atoms with Crippen LogP contribution in [0.3, 0.4) is 0 Å². The Bertz CT molecular complexity index is 1210. The van der Waals surface area contributed by atoms with Crippen LogP contribution in [-0.4, -0.2) is 27.0 Å². The van der Waals surface area contributed by atoms with Crippen LogP contribution in [0.1, 0.15) is 47.2 Å². The minimum Gasteiger partial charge on any atom is -0.485 e.